The molecule has 0 saturated carbocycles. The lowest BCUT2D eigenvalue weighted by Crippen LogP contribution is -2.39. The summed E-state index contributed by atoms with van der Waals surface area (Å²) >= 11 is 3.43. The zero-order valence-corrected chi connectivity index (χ0v) is 15.4. The van der Waals surface area contributed by atoms with Crippen LogP contribution in [-0.2, 0) is 13.0 Å². The first-order valence-corrected chi connectivity index (χ1v) is 8.43. The minimum atomic E-state index is -0.0302. The summed E-state index contributed by atoms with van der Waals surface area (Å²) in [6.45, 7) is 4.36. The molecule has 2 heterocycles. The van der Waals surface area contributed by atoms with Crippen LogP contribution in [0.5, 0.6) is 0 Å². The molecule has 1 amide bonds. The standard InChI is InChI=1S/C17H20BrN3O.ClH/c1-2-21-11-13(18)9-16(21)17(22)20-10-15-14-6-4-3-5-12(14)7-8-19-15;/h3-6,9,11,15,19H,2,7-8,10H2,1H3,(H,20,22);1H. The van der Waals surface area contributed by atoms with E-state index >= 15 is 0 Å². The number of nitrogens with zero attached hydrogens (tertiary/aromatic N) is 1. The van der Waals surface area contributed by atoms with Gasteiger partial charge in [-0.05, 0) is 53.0 Å². The van der Waals surface area contributed by atoms with Crippen LogP contribution in [0.15, 0.2) is 41.0 Å². The van der Waals surface area contributed by atoms with Crippen LogP contribution >= 0.6 is 28.3 Å². The molecule has 1 aliphatic heterocycles. The molecular weight excluding hydrogens is 378 g/mol. The number of nitrogens with one attached hydrogen (secondary N) is 2. The molecule has 4 nitrogen and oxygen atoms in total. The van der Waals surface area contributed by atoms with Crippen LogP contribution in [0.3, 0.4) is 0 Å². The second kappa shape index (κ2) is 7.99. The molecule has 0 radical (unpaired) electrons. The van der Waals surface area contributed by atoms with Crippen LogP contribution in [-0.4, -0.2) is 23.6 Å². The largest absolute Gasteiger partial charge is 0.349 e. The molecule has 1 unspecified atom stereocenters. The molecule has 2 aromatic rings. The van der Waals surface area contributed by atoms with E-state index < -0.39 is 0 Å². The number of amides is 1. The lowest BCUT2D eigenvalue weighted by atomic mass is 9.94. The minimum Gasteiger partial charge on any atom is -0.349 e. The Hall–Kier alpha value is -1.30. The molecule has 124 valence electrons. The molecule has 0 saturated heterocycles. The zero-order valence-electron chi connectivity index (χ0n) is 13.0. The number of benzene rings is 1. The Morgan fingerprint density at radius 1 is 1.43 bits per heavy atom. The van der Waals surface area contributed by atoms with Crippen molar-refractivity contribution in [3.8, 4) is 0 Å². The van der Waals surface area contributed by atoms with E-state index in [-0.39, 0.29) is 24.4 Å². The van der Waals surface area contributed by atoms with Crippen LogP contribution in [0.1, 0.15) is 34.6 Å². The number of halogens is 2. The molecule has 3 rings (SSSR count). The summed E-state index contributed by atoms with van der Waals surface area (Å²) < 4.78 is 2.88. The zero-order chi connectivity index (χ0) is 15.5. The van der Waals surface area contributed by atoms with E-state index in [1.165, 1.54) is 11.1 Å². The number of carbonyl (C=O) groups is 1. The van der Waals surface area contributed by atoms with Crippen molar-refractivity contribution in [2.24, 2.45) is 0 Å². The maximum Gasteiger partial charge on any atom is 0.268 e. The van der Waals surface area contributed by atoms with Crippen LogP contribution < -0.4 is 10.6 Å². The lowest BCUT2D eigenvalue weighted by molar-refractivity contribution is 0.0940. The normalized spacial score (nSPS) is 16.3. The number of rotatable bonds is 4. The van der Waals surface area contributed by atoms with E-state index in [1.54, 1.807) is 0 Å². The van der Waals surface area contributed by atoms with Crippen molar-refractivity contribution in [1.29, 1.82) is 0 Å². The molecule has 23 heavy (non-hydrogen) atoms. The summed E-state index contributed by atoms with van der Waals surface area (Å²) in [5.41, 5.74) is 3.36. The Morgan fingerprint density at radius 2 is 2.22 bits per heavy atom. The SMILES string of the molecule is CCn1cc(Br)cc1C(=O)NCC1NCCc2ccccc21.Cl. The average Bonchev–Trinajstić information content (AvgIpc) is 2.93. The van der Waals surface area contributed by atoms with Gasteiger partial charge in [0.05, 0.1) is 0 Å². The number of fused-ring (bicyclic) bond motifs is 1. The molecule has 0 spiro atoms. The van der Waals surface area contributed by atoms with Gasteiger partial charge in [0.15, 0.2) is 0 Å². The van der Waals surface area contributed by atoms with E-state index in [4.69, 9.17) is 0 Å². The summed E-state index contributed by atoms with van der Waals surface area (Å²) in [7, 11) is 0. The number of hydrogen-bond donors (Lipinski definition) is 2. The fourth-order valence-electron chi connectivity index (χ4n) is 2.99. The number of hydrogen-bond acceptors (Lipinski definition) is 2. The van der Waals surface area contributed by atoms with Crippen molar-refractivity contribution in [3.63, 3.8) is 0 Å². The lowest BCUT2D eigenvalue weighted by Gasteiger charge is -2.27. The Bertz CT molecular complexity index is 686. The summed E-state index contributed by atoms with van der Waals surface area (Å²) in [5.74, 6) is -0.0302. The molecule has 1 atom stereocenters. The molecule has 1 aromatic heterocycles. The smallest absolute Gasteiger partial charge is 0.268 e. The number of carbonyl (C=O) groups excluding carboxylic acids is 1. The van der Waals surface area contributed by atoms with Crippen molar-refractivity contribution < 1.29 is 4.79 Å². The first-order valence-electron chi connectivity index (χ1n) is 7.64. The van der Waals surface area contributed by atoms with Gasteiger partial charge < -0.3 is 15.2 Å². The van der Waals surface area contributed by atoms with Crippen molar-refractivity contribution in [1.82, 2.24) is 15.2 Å². The van der Waals surface area contributed by atoms with Crippen molar-refractivity contribution in [2.45, 2.75) is 25.9 Å². The van der Waals surface area contributed by atoms with Gasteiger partial charge in [-0.15, -0.1) is 12.4 Å². The van der Waals surface area contributed by atoms with Crippen molar-refractivity contribution >= 4 is 34.2 Å². The third kappa shape index (κ3) is 3.97. The highest BCUT2D eigenvalue weighted by atomic mass is 79.9. The van der Waals surface area contributed by atoms with Crippen LogP contribution in [0, 0.1) is 0 Å². The maximum atomic E-state index is 12.4. The van der Waals surface area contributed by atoms with E-state index in [0.29, 0.717) is 12.2 Å². The summed E-state index contributed by atoms with van der Waals surface area (Å²) in [6, 6.07) is 10.5. The molecule has 1 aromatic carbocycles. The minimum absolute atomic E-state index is 0. The van der Waals surface area contributed by atoms with Gasteiger partial charge in [-0.25, -0.2) is 0 Å². The summed E-state index contributed by atoms with van der Waals surface area (Å²) in [4.78, 5) is 12.4. The van der Waals surface area contributed by atoms with Crippen LogP contribution in [0.25, 0.3) is 0 Å². The Balaban J connectivity index is 0.00000192. The Morgan fingerprint density at radius 3 is 3.00 bits per heavy atom. The first-order chi connectivity index (χ1) is 10.7. The van der Waals surface area contributed by atoms with Crippen molar-refractivity contribution in [3.05, 3.63) is 57.8 Å². The first kappa shape index (κ1) is 18.0. The molecule has 6 heteroatoms. The highest BCUT2D eigenvalue weighted by Crippen LogP contribution is 2.22. The van der Waals surface area contributed by atoms with Gasteiger partial charge in [-0.1, -0.05) is 24.3 Å². The number of aromatic nitrogens is 1. The third-order valence-corrected chi connectivity index (χ3v) is 4.55. The summed E-state index contributed by atoms with van der Waals surface area (Å²) in [5, 5.41) is 6.54. The average molecular weight is 399 g/mol. The van der Waals surface area contributed by atoms with Crippen LogP contribution in [0.2, 0.25) is 0 Å². The molecule has 2 N–H and O–H groups in total. The molecule has 0 fully saturated rings. The predicted octanol–water partition coefficient (Wildman–Crippen LogP) is 3.31. The van der Waals surface area contributed by atoms with Gasteiger partial charge >= 0.3 is 0 Å². The van der Waals surface area contributed by atoms with Gasteiger partial charge in [0.2, 0.25) is 0 Å². The third-order valence-electron chi connectivity index (χ3n) is 4.12. The van der Waals surface area contributed by atoms with E-state index in [9.17, 15) is 4.79 Å². The monoisotopic (exact) mass is 397 g/mol. The Labute approximate surface area is 151 Å². The quantitative estimate of drug-likeness (QED) is 0.830. The van der Waals surface area contributed by atoms with Gasteiger partial charge in [0, 0.05) is 29.8 Å². The summed E-state index contributed by atoms with van der Waals surface area (Å²) in [6.07, 6.45) is 2.98. The molecule has 0 bridgehead atoms. The van der Waals surface area contributed by atoms with Crippen LogP contribution in [0.4, 0.5) is 0 Å². The fraction of sp³-hybridized carbons (Fsp3) is 0.353. The van der Waals surface area contributed by atoms with Crippen molar-refractivity contribution in [2.75, 3.05) is 13.1 Å². The predicted molar refractivity (Wildman–Crippen MR) is 98.3 cm³/mol. The highest BCUT2D eigenvalue weighted by Gasteiger charge is 2.20. The number of aryl methyl sites for hydroxylation is 1. The fourth-order valence-corrected chi connectivity index (χ4v) is 3.45. The second-order valence-electron chi connectivity index (χ2n) is 5.50. The van der Waals surface area contributed by atoms with Gasteiger partial charge in [-0.2, -0.15) is 0 Å². The maximum absolute atomic E-state index is 12.4. The van der Waals surface area contributed by atoms with E-state index in [0.717, 1.165) is 24.0 Å². The second-order valence-corrected chi connectivity index (χ2v) is 6.41. The topological polar surface area (TPSA) is 46.1 Å². The molecule has 1 aliphatic rings. The Kier molecular flexibility index (Phi) is 6.27. The van der Waals surface area contributed by atoms with Gasteiger partial charge in [0.25, 0.3) is 5.91 Å². The molecule has 0 aliphatic carbocycles. The van der Waals surface area contributed by atoms with E-state index in [1.807, 2.05) is 23.8 Å². The van der Waals surface area contributed by atoms with E-state index in [2.05, 4.69) is 50.8 Å². The van der Waals surface area contributed by atoms with Gasteiger partial charge in [-0.3, -0.25) is 4.79 Å². The highest BCUT2D eigenvalue weighted by molar-refractivity contribution is 9.10. The van der Waals surface area contributed by atoms with Gasteiger partial charge in [0.1, 0.15) is 5.69 Å². The molecular formula is C17H21BrClN3O.